The molecule has 0 spiro atoms. The molecule has 0 aliphatic carbocycles. The first-order valence-corrected chi connectivity index (χ1v) is 10.2. The third kappa shape index (κ3) is 4.83. The van der Waals surface area contributed by atoms with Gasteiger partial charge in [0.1, 0.15) is 30.3 Å². The van der Waals surface area contributed by atoms with Crippen molar-refractivity contribution in [2.45, 2.75) is 70.8 Å². The number of aryl methyl sites for hydroxylation is 1. The highest BCUT2D eigenvalue weighted by atomic mass is 79.9. The summed E-state index contributed by atoms with van der Waals surface area (Å²) >= 11 is 9.01. The summed E-state index contributed by atoms with van der Waals surface area (Å²) in [7, 11) is 0. The molecule has 1 aromatic carbocycles. The van der Waals surface area contributed by atoms with Crippen molar-refractivity contribution in [1.82, 2.24) is 0 Å². The molecule has 6 nitrogen and oxygen atoms in total. The molecule has 0 N–H and O–H groups in total. The molecule has 150 valence electrons. The van der Waals surface area contributed by atoms with E-state index in [1.165, 1.54) is 0 Å². The molecule has 2 saturated heterocycles. The molecule has 2 fully saturated rings. The first kappa shape index (κ1) is 21.0. The average molecular weight is 464 g/mol. The van der Waals surface area contributed by atoms with Gasteiger partial charge in [-0.3, -0.25) is 4.79 Å². The normalized spacial score (nSPS) is 30.1. The summed E-state index contributed by atoms with van der Waals surface area (Å²) in [6, 6.07) is 6.02. The molecule has 2 aliphatic rings. The van der Waals surface area contributed by atoms with E-state index in [2.05, 4.69) is 15.9 Å². The van der Waals surface area contributed by atoms with Crippen molar-refractivity contribution in [3.63, 3.8) is 0 Å². The van der Waals surface area contributed by atoms with E-state index in [-0.39, 0.29) is 5.88 Å². The Hall–Kier alpha value is -0.700. The van der Waals surface area contributed by atoms with Crippen LogP contribution in [0.1, 0.15) is 31.9 Å². The maximum atomic E-state index is 11.6. The number of ether oxygens (including phenoxy) is 5. The van der Waals surface area contributed by atoms with Gasteiger partial charge in [-0.05, 0) is 51.0 Å². The van der Waals surface area contributed by atoms with Crippen LogP contribution in [-0.4, -0.2) is 48.3 Å². The van der Waals surface area contributed by atoms with Crippen LogP contribution in [0.2, 0.25) is 0 Å². The minimum atomic E-state index is -0.758. The maximum absolute atomic E-state index is 11.6. The van der Waals surface area contributed by atoms with Crippen molar-refractivity contribution in [2.24, 2.45) is 0 Å². The van der Waals surface area contributed by atoms with E-state index in [0.717, 1.165) is 15.6 Å². The maximum Gasteiger partial charge on any atom is 0.321 e. The largest absolute Gasteiger partial charge is 0.459 e. The number of hydrogen-bond donors (Lipinski definition) is 0. The summed E-state index contributed by atoms with van der Waals surface area (Å²) in [5, 5.41) is 0. The number of benzene rings is 1. The van der Waals surface area contributed by atoms with Crippen LogP contribution in [-0.2, 0) is 35.1 Å². The molecule has 5 atom stereocenters. The molecule has 0 amide bonds. The van der Waals surface area contributed by atoms with Gasteiger partial charge < -0.3 is 23.7 Å². The molecular weight excluding hydrogens is 440 g/mol. The number of rotatable bonds is 6. The smallest absolute Gasteiger partial charge is 0.321 e. The molecule has 0 radical (unpaired) electrons. The lowest BCUT2D eigenvalue weighted by atomic mass is 10.1. The van der Waals surface area contributed by atoms with Gasteiger partial charge in [-0.15, -0.1) is 11.6 Å². The van der Waals surface area contributed by atoms with E-state index >= 15 is 0 Å². The van der Waals surface area contributed by atoms with E-state index in [0.29, 0.717) is 6.61 Å². The van der Waals surface area contributed by atoms with E-state index in [9.17, 15) is 4.79 Å². The fourth-order valence-corrected chi connectivity index (χ4v) is 3.92. The number of carbonyl (C=O) groups excluding carboxylic acids is 1. The Morgan fingerprint density at radius 1 is 1.37 bits per heavy atom. The number of carbonyl (C=O) groups is 1. The van der Waals surface area contributed by atoms with Crippen molar-refractivity contribution < 1.29 is 28.5 Å². The highest BCUT2D eigenvalue weighted by molar-refractivity contribution is 9.10. The van der Waals surface area contributed by atoms with Crippen LogP contribution in [0.25, 0.3) is 0 Å². The molecule has 2 aliphatic heterocycles. The zero-order valence-electron chi connectivity index (χ0n) is 15.7. The van der Waals surface area contributed by atoms with Crippen LogP contribution in [0.15, 0.2) is 22.7 Å². The fraction of sp³-hybridized carbons (Fsp3) is 0.632. The van der Waals surface area contributed by atoms with Crippen LogP contribution in [0, 0.1) is 6.92 Å². The van der Waals surface area contributed by atoms with E-state index in [1.54, 1.807) is 6.92 Å². The van der Waals surface area contributed by atoms with Crippen molar-refractivity contribution in [1.29, 1.82) is 0 Å². The summed E-state index contributed by atoms with van der Waals surface area (Å²) in [6.45, 7) is 7.82. The van der Waals surface area contributed by atoms with Gasteiger partial charge >= 0.3 is 5.97 Å². The lowest BCUT2D eigenvalue weighted by Crippen LogP contribution is -2.43. The lowest BCUT2D eigenvalue weighted by molar-refractivity contribution is -0.231. The van der Waals surface area contributed by atoms with Gasteiger partial charge in [0.2, 0.25) is 0 Å². The third-order valence-electron chi connectivity index (χ3n) is 4.65. The first-order chi connectivity index (χ1) is 12.7. The summed E-state index contributed by atoms with van der Waals surface area (Å²) in [4.78, 5) is 11.6. The Morgan fingerprint density at radius 2 is 2.11 bits per heavy atom. The standard InChI is InChI=1S/C19H24BrClO6/c1-10-7-13(20)6-5-12(10)9-23-16-15(11(2)24-14(22)8-21)25-18-17(16)26-19(3,4)27-18/h5-7,11,15-18H,8-9H2,1-4H3/t11-,15-,16+,17-,18-/m1/s1. The number of alkyl halides is 1. The van der Waals surface area contributed by atoms with Crippen molar-refractivity contribution in [3.05, 3.63) is 33.8 Å². The predicted octanol–water partition coefficient (Wildman–Crippen LogP) is 3.69. The first-order valence-electron chi connectivity index (χ1n) is 8.83. The van der Waals surface area contributed by atoms with Crippen LogP contribution in [0.3, 0.4) is 0 Å². The molecule has 0 bridgehead atoms. The zero-order chi connectivity index (χ0) is 19.8. The van der Waals surface area contributed by atoms with Gasteiger partial charge in [-0.1, -0.05) is 22.0 Å². The summed E-state index contributed by atoms with van der Waals surface area (Å²) in [5.74, 6) is -1.48. The van der Waals surface area contributed by atoms with Gasteiger partial charge in [0.25, 0.3) is 0 Å². The molecule has 0 saturated carbocycles. The van der Waals surface area contributed by atoms with Gasteiger partial charge in [-0.25, -0.2) is 0 Å². The number of fused-ring (bicyclic) bond motifs is 1. The van der Waals surface area contributed by atoms with Gasteiger partial charge in [0, 0.05) is 4.47 Å². The quantitative estimate of drug-likeness (QED) is 0.474. The highest BCUT2D eigenvalue weighted by Gasteiger charge is 2.57. The Labute approximate surface area is 172 Å². The molecule has 8 heteroatoms. The zero-order valence-corrected chi connectivity index (χ0v) is 18.1. The van der Waals surface area contributed by atoms with Crippen LogP contribution < -0.4 is 0 Å². The van der Waals surface area contributed by atoms with Crippen molar-refractivity contribution in [2.75, 3.05) is 5.88 Å². The molecule has 2 heterocycles. The van der Waals surface area contributed by atoms with E-state index < -0.39 is 42.5 Å². The van der Waals surface area contributed by atoms with Gasteiger partial charge in [0.15, 0.2) is 12.1 Å². The summed E-state index contributed by atoms with van der Waals surface area (Å²) in [5.41, 5.74) is 2.17. The minimum absolute atomic E-state index is 0.215. The Balaban J connectivity index is 1.74. The minimum Gasteiger partial charge on any atom is -0.459 e. The lowest BCUT2D eigenvalue weighted by Gasteiger charge is -2.29. The fourth-order valence-electron chi connectivity index (χ4n) is 3.38. The summed E-state index contributed by atoms with van der Waals surface area (Å²) in [6.07, 6.45) is -2.48. The Morgan fingerprint density at radius 3 is 2.78 bits per heavy atom. The number of esters is 1. The van der Waals surface area contributed by atoms with Crippen LogP contribution >= 0.6 is 27.5 Å². The molecule has 0 unspecified atom stereocenters. The Bertz CT molecular complexity index is 697. The van der Waals surface area contributed by atoms with E-state index in [1.807, 2.05) is 39.0 Å². The van der Waals surface area contributed by atoms with Gasteiger partial charge in [-0.2, -0.15) is 0 Å². The third-order valence-corrected chi connectivity index (χ3v) is 5.36. The average Bonchev–Trinajstić information content (AvgIpc) is 3.06. The molecule has 27 heavy (non-hydrogen) atoms. The van der Waals surface area contributed by atoms with Crippen molar-refractivity contribution >= 4 is 33.5 Å². The number of hydrogen-bond acceptors (Lipinski definition) is 6. The highest BCUT2D eigenvalue weighted by Crippen LogP contribution is 2.40. The predicted molar refractivity (Wildman–Crippen MR) is 102 cm³/mol. The summed E-state index contributed by atoms with van der Waals surface area (Å²) < 4.78 is 30.3. The second kappa shape index (κ2) is 8.35. The topological polar surface area (TPSA) is 63.2 Å². The van der Waals surface area contributed by atoms with Crippen LogP contribution in [0.4, 0.5) is 0 Å². The van der Waals surface area contributed by atoms with Crippen molar-refractivity contribution in [3.8, 4) is 0 Å². The van der Waals surface area contributed by atoms with Gasteiger partial charge in [0.05, 0.1) is 6.61 Å². The molecular formula is C19H24BrClO6. The second-order valence-electron chi connectivity index (χ2n) is 7.24. The van der Waals surface area contributed by atoms with E-state index in [4.69, 9.17) is 35.3 Å². The Kier molecular flexibility index (Phi) is 6.50. The number of halogens is 2. The second-order valence-corrected chi connectivity index (χ2v) is 8.43. The molecule has 0 aromatic heterocycles. The SMILES string of the molecule is Cc1cc(Br)ccc1CO[C@@H]1[C@H]2OC(C)(C)O[C@H]2O[C@@H]1[C@@H](C)OC(=O)CCl. The molecule has 1 aromatic rings. The monoisotopic (exact) mass is 462 g/mol. The molecule has 3 rings (SSSR count). The van der Waals surface area contributed by atoms with Crippen LogP contribution in [0.5, 0.6) is 0 Å².